The highest BCUT2D eigenvalue weighted by Crippen LogP contribution is 2.17. The Hall–Kier alpha value is -0.970. The monoisotopic (exact) mass is 136 g/mol. The van der Waals surface area contributed by atoms with Crippen LogP contribution in [0.3, 0.4) is 0 Å². The van der Waals surface area contributed by atoms with Crippen molar-refractivity contribution in [1.29, 1.82) is 5.26 Å². The molecule has 0 radical (unpaired) electrons. The molecule has 10 heavy (non-hydrogen) atoms. The van der Waals surface area contributed by atoms with Crippen LogP contribution in [0.25, 0.3) is 0 Å². The molecule has 0 aromatic heterocycles. The van der Waals surface area contributed by atoms with Gasteiger partial charge in [-0.15, -0.1) is 0 Å². The molecule has 1 aliphatic heterocycles. The molecule has 1 atom stereocenters. The highest BCUT2D eigenvalue weighted by Gasteiger charge is 2.12. The molecule has 0 aromatic carbocycles. The highest BCUT2D eigenvalue weighted by molar-refractivity contribution is 5.21. The van der Waals surface area contributed by atoms with Gasteiger partial charge in [-0.05, 0) is 19.8 Å². The smallest absolute Gasteiger partial charge is 0.0962 e. The van der Waals surface area contributed by atoms with E-state index in [1.165, 1.54) is 0 Å². The van der Waals surface area contributed by atoms with Gasteiger partial charge in [0.05, 0.1) is 6.07 Å². The van der Waals surface area contributed by atoms with E-state index in [-0.39, 0.29) is 0 Å². The first-order valence-electron chi connectivity index (χ1n) is 3.57. The summed E-state index contributed by atoms with van der Waals surface area (Å²) in [6.45, 7) is 2.17. The lowest BCUT2D eigenvalue weighted by Crippen LogP contribution is -2.27. The molecule has 1 unspecified atom stereocenters. The van der Waals surface area contributed by atoms with Gasteiger partial charge >= 0.3 is 0 Å². The molecule has 0 spiro atoms. The van der Waals surface area contributed by atoms with Crippen molar-refractivity contribution in [2.45, 2.75) is 25.8 Å². The fourth-order valence-corrected chi connectivity index (χ4v) is 1.09. The third-order valence-corrected chi connectivity index (χ3v) is 2.03. The van der Waals surface area contributed by atoms with E-state index in [1.807, 2.05) is 13.2 Å². The van der Waals surface area contributed by atoms with Gasteiger partial charge in [0.2, 0.25) is 0 Å². The van der Waals surface area contributed by atoms with Crippen LogP contribution in [0, 0.1) is 11.3 Å². The lowest BCUT2D eigenvalue weighted by molar-refractivity contribution is 0.315. The fraction of sp³-hybridized carbons (Fsp3) is 0.625. The Balaban J connectivity index is 2.68. The zero-order chi connectivity index (χ0) is 7.56. The van der Waals surface area contributed by atoms with E-state index >= 15 is 0 Å². The zero-order valence-corrected chi connectivity index (χ0v) is 6.46. The maximum Gasteiger partial charge on any atom is 0.0962 e. The van der Waals surface area contributed by atoms with Gasteiger partial charge in [-0.25, -0.2) is 0 Å². The van der Waals surface area contributed by atoms with Gasteiger partial charge < -0.3 is 4.90 Å². The predicted octanol–water partition coefficient (Wildman–Crippen LogP) is 1.51. The molecule has 0 N–H and O–H groups in total. The molecule has 1 rings (SSSR count). The number of hydrogen-bond acceptors (Lipinski definition) is 2. The summed E-state index contributed by atoms with van der Waals surface area (Å²) in [7, 11) is 2.02. The molecule has 2 nitrogen and oxygen atoms in total. The van der Waals surface area contributed by atoms with Crippen molar-refractivity contribution in [3.05, 3.63) is 11.8 Å². The van der Waals surface area contributed by atoms with Crippen molar-refractivity contribution in [3.63, 3.8) is 0 Å². The molecule has 2 heteroatoms. The minimum absolute atomic E-state index is 0.595. The van der Waals surface area contributed by atoms with Crippen molar-refractivity contribution in [1.82, 2.24) is 4.90 Å². The molecule has 0 saturated heterocycles. The fourth-order valence-electron chi connectivity index (χ4n) is 1.09. The topological polar surface area (TPSA) is 27.0 Å². The van der Waals surface area contributed by atoms with Crippen molar-refractivity contribution >= 4 is 0 Å². The molecule has 0 aliphatic carbocycles. The molecule has 54 valence electrons. The maximum absolute atomic E-state index is 8.55. The van der Waals surface area contributed by atoms with E-state index in [1.54, 1.807) is 0 Å². The number of hydrogen-bond donors (Lipinski definition) is 0. The standard InChI is InChI=1S/C8H12N2/c1-7-3-4-8(5-9)6-10(7)2/h6-7H,3-4H2,1-2H3. The first-order chi connectivity index (χ1) is 4.74. The van der Waals surface area contributed by atoms with E-state index in [2.05, 4.69) is 17.9 Å². The van der Waals surface area contributed by atoms with Crippen molar-refractivity contribution in [2.24, 2.45) is 0 Å². The van der Waals surface area contributed by atoms with Crippen molar-refractivity contribution < 1.29 is 0 Å². The summed E-state index contributed by atoms with van der Waals surface area (Å²) in [4.78, 5) is 2.10. The van der Waals surface area contributed by atoms with E-state index < -0.39 is 0 Å². The number of rotatable bonds is 0. The summed E-state index contributed by atoms with van der Waals surface area (Å²) in [5.41, 5.74) is 0.903. The molecular weight excluding hydrogens is 124 g/mol. The van der Waals surface area contributed by atoms with E-state index in [9.17, 15) is 0 Å². The summed E-state index contributed by atoms with van der Waals surface area (Å²) >= 11 is 0. The number of nitriles is 1. The van der Waals surface area contributed by atoms with Crippen LogP contribution in [0.1, 0.15) is 19.8 Å². The van der Waals surface area contributed by atoms with Gasteiger partial charge in [0.15, 0.2) is 0 Å². The quantitative estimate of drug-likeness (QED) is 0.504. The van der Waals surface area contributed by atoms with Gasteiger partial charge in [-0.1, -0.05) is 0 Å². The summed E-state index contributed by atoms with van der Waals surface area (Å²) in [6.07, 6.45) is 3.99. The van der Waals surface area contributed by atoms with Crippen LogP contribution in [0.5, 0.6) is 0 Å². The Morgan fingerprint density at radius 2 is 2.50 bits per heavy atom. The van der Waals surface area contributed by atoms with Crippen LogP contribution < -0.4 is 0 Å². The second-order valence-electron chi connectivity index (χ2n) is 2.82. The van der Waals surface area contributed by atoms with Gasteiger partial charge in [-0.3, -0.25) is 0 Å². The lowest BCUT2D eigenvalue weighted by atomic mass is 10.0. The Bertz CT molecular complexity index is 188. The van der Waals surface area contributed by atoms with Crippen molar-refractivity contribution in [2.75, 3.05) is 7.05 Å². The van der Waals surface area contributed by atoms with Gasteiger partial charge in [0.1, 0.15) is 0 Å². The molecular formula is C8H12N2. The number of allylic oxidation sites excluding steroid dienone is 1. The van der Waals surface area contributed by atoms with Crippen LogP contribution >= 0.6 is 0 Å². The van der Waals surface area contributed by atoms with Crippen LogP contribution in [0.15, 0.2) is 11.8 Å². The average Bonchev–Trinajstić information content (AvgIpc) is 1.95. The Morgan fingerprint density at radius 1 is 1.80 bits per heavy atom. The minimum atomic E-state index is 0.595. The highest BCUT2D eigenvalue weighted by atomic mass is 15.1. The maximum atomic E-state index is 8.55. The molecule has 0 bridgehead atoms. The normalized spacial score (nSPS) is 25.5. The molecule has 0 fully saturated rings. The van der Waals surface area contributed by atoms with Crippen LogP contribution in [-0.2, 0) is 0 Å². The summed E-state index contributed by atoms with van der Waals surface area (Å²) in [6, 6.07) is 2.77. The van der Waals surface area contributed by atoms with E-state index in [0.717, 1.165) is 18.4 Å². The molecule has 0 saturated carbocycles. The second kappa shape index (κ2) is 2.74. The average molecular weight is 136 g/mol. The minimum Gasteiger partial charge on any atom is -0.377 e. The molecule has 0 amide bonds. The Kier molecular flexibility index (Phi) is 1.96. The molecule has 1 aliphatic rings. The molecule has 0 aromatic rings. The van der Waals surface area contributed by atoms with E-state index in [4.69, 9.17) is 5.26 Å². The van der Waals surface area contributed by atoms with E-state index in [0.29, 0.717) is 6.04 Å². The Morgan fingerprint density at radius 3 is 3.00 bits per heavy atom. The van der Waals surface area contributed by atoms with Gasteiger partial charge in [0.25, 0.3) is 0 Å². The largest absolute Gasteiger partial charge is 0.377 e. The van der Waals surface area contributed by atoms with Crippen LogP contribution in [0.2, 0.25) is 0 Å². The first kappa shape index (κ1) is 7.14. The Labute approximate surface area is 61.8 Å². The van der Waals surface area contributed by atoms with Crippen LogP contribution in [-0.4, -0.2) is 18.0 Å². The summed E-state index contributed by atoms with van der Waals surface area (Å²) in [5, 5.41) is 8.55. The number of nitrogens with zero attached hydrogens (tertiary/aromatic N) is 2. The zero-order valence-electron chi connectivity index (χ0n) is 6.46. The second-order valence-corrected chi connectivity index (χ2v) is 2.82. The lowest BCUT2D eigenvalue weighted by Gasteiger charge is -2.27. The summed E-state index contributed by atoms with van der Waals surface area (Å²) in [5.74, 6) is 0. The van der Waals surface area contributed by atoms with Crippen LogP contribution in [0.4, 0.5) is 0 Å². The van der Waals surface area contributed by atoms with Gasteiger partial charge in [0, 0.05) is 24.9 Å². The third kappa shape index (κ3) is 1.30. The summed E-state index contributed by atoms with van der Waals surface area (Å²) < 4.78 is 0. The van der Waals surface area contributed by atoms with Gasteiger partial charge in [-0.2, -0.15) is 5.26 Å². The SMILES string of the molecule is CC1CCC(C#N)=CN1C. The first-order valence-corrected chi connectivity index (χ1v) is 3.57. The van der Waals surface area contributed by atoms with Crippen molar-refractivity contribution in [3.8, 4) is 6.07 Å². The third-order valence-electron chi connectivity index (χ3n) is 2.03. The molecule has 1 heterocycles. The predicted molar refractivity (Wildman–Crippen MR) is 40.2 cm³/mol.